The van der Waals surface area contributed by atoms with E-state index in [-0.39, 0.29) is 17.1 Å². The summed E-state index contributed by atoms with van der Waals surface area (Å²) in [4.78, 5) is 57.1. The van der Waals surface area contributed by atoms with Gasteiger partial charge >= 0.3 is 51.2 Å². The summed E-state index contributed by atoms with van der Waals surface area (Å²) in [6.07, 6.45) is 5.06. The van der Waals surface area contributed by atoms with Gasteiger partial charge in [0.05, 0.1) is 41.0 Å². The van der Waals surface area contributed by atoms with Crippen molar-refractivity contribution in [3.05, 3.63) is 86.0 Å². The van der Waals surface area contributed by atoms with E-state index in [1.54, 1.807) is 0 Å². The Kier molecular flexibility index (Phi) is 19.0. The number of nitrogen functional groups attached to an aromatic ring is 4. The molecule has 0 spiro atoms. The maximum atomic E-state index is 11.2. The minimum atomic E-state index is -1.93. The van der Waals surface area contributed by atoms with Crippen LogP contribution in [-0.2, 0) is 17.1 Å². The zero-order valence-corrected chi connectivity index (χ0v) is 29.2. The first-order chi connectivity index (χ1) is 28.0. The number of hydrogen-bond acceptors (Lipinski definition) is 34. The van der Waals surface area contributed by atoms with Gasteiger partial charge in [-0.3, -0.25) is 60.7 Å². The van der Waals surface area contributed by atoms with Crippen LogP contribution in [0, 0.1) is 60.7 Å². The second-order valence-electron chi connectivity index (χ2n) is 8.71. The van der Waals surface area contributed by atoms with Crippen molar-refractivity contribution in [2.24, 2.45) is 0 Å². The zero-order chi connectivity index (χ0) is 46.0. The Bertz CT molecular complexity index is 1970. The standard InChI is InChI=1S/2C6H3N3O9.4CH3N5.Cu/c2*10-4-1(7(13)14)5(11)3(9(17)18)6(12)2(4)8(15)16;4*2-6-4-1-3-5-6;/h2*10-12H;4*1H,2H2;/q;;;;;;+2/p-2. The van der Waals surface area contributed by atoms with Gasteiger partial charge < -0.3 is 54.0 Å². The van der Waals surface area contributed by atoms with Crippen LogP contribution in [-0.4, -0.2) is 131 Å². The second kappa shape index (κ2) is 22.9. The Morgan fingerprint density at radius 1 is 0.393 bits per heavy atom. The van der Waals surface area contributed by atoms with Crippen LogP contribution in [0.4, 0.5) is 34.1 Å². The molecular formula is C16H16CuN26O18. The minimum Gasteiger partial charge on any atom is -0.863 e. The fourth-order valence-corrected chi connectivity index (χ4v) is 3.05. The largest absolute Gasteiger partial charge is 2.00 e. The van der Waals surface area contributed by atoms with Crippen molar-refractivity contribution in [1.82, 2.24) is 81.3 Å². The van der Waals surface area contributed by atoms with Gasteiger partial charge in [-0.15, -0.1) is 40.8 Å². The van der Waals surface area contributed by atoms with E-state index in [9.17, 15) is 70.9 Å². The van der Waals surface area contributed by atoms with E-state index < -0.39 is 98.2 Å². The second-order valence-corrected chi connectivity index (χ2v) is 8.71. The average molecular weight is 924 g/mol. The number of phenolic OH excluding ortho intramolecular Hbond substituents is 4. The Hall–Kier alpha value is -10.4. The van der Waals surface area contributed by atoms with Gasteiger partial charge in [0.25, 0.3) is 23.0 Å². The molecular weight excluding hydrogens is 908 g/mol. The van der Waals surface area contributed by atoms with E-state index in [4.69, 9.17) is 43.8 Å². The number of benzene rings is 2. The molecule has 12 N–H and O–H groups in total. The number of tetrazole rings is 4. The predicted octanol–water partition coefficient (Wildman–Crippen LogP) is -6.66. The average Bonchev–Trinajstić information content (AvgIpc) is 3.97. The molecule has 0 bridgehead atoms. The molecule has 0 aliphatic heterocycles. The molecule has 2 aromatic carbocycles. The summed E-state index contributed by atoms with van der Waals surface area (Å²) >= 11 is 0. The van der Waals surface area contributed by atoms with Crippen molar-refractivity contribution in [2.45, 2.75) is 0 Å². The van der Waals surface area contributed by atoms with Crippen molar-refractivity contribution in [3.63, 3.8) is 0 Å². The number of hydrogen-bond donors (Lipinski definition) is 8. The summed E-state index contributed by atoms with van der Waals surface area (Å²) in [5.41, 5.74) is -10.3. The van der Waals surface area contributed by atoms with Crippen LogP contribution in [0.25, 0.3) is 0 Å². The Labute approximate surface area is 336 Å². The first-order valence-electron chi connectivity index (χ1n) is 13.3. The summed E-state index contributed by atoms with van der Waals surface area (Å²) in [7, 11) is 0. The van der Waals surface area contributed by atoms with Crippen LogP contribution in [0.5, 0.6) is 34.5 Å². The number of rotatable bonds is 6. The first kappa shape index (κ1) is 50.6. The van der Waals surface area contributed by atoms with Gasteiger partial charge in [-0.2, -0.15) is 0 Å². The molecule has 4 heterocycles. The molecule has 61 heavy (non-hydrogen) atoms. The number of aromatic hydroxyl groups is 4. The third-order valence-corrected chi connectivity index (χ3v) is 5.21. The maximum absolute atomic E-state index is 11.2. The van der Waals surface area contributed by atoms with E-state index in [0.717, 1.165) is 19.6 Å². The fourth-order valence-electron chi connectivity index (χ4n) is 3.05. The first-order valence-corrected chi connectivity index (χ1v) is 13.3. The molecule has 0 aliphatic carbocycles. The number of aromatic nitrogens is 16. The monoisotopic (exact) mass is 923 g/mol. The number of phenols is 4. The van der Waals surface area contributed by atoms with E-state index in [1.807, 2.05) is 0 Å². The molecule has 45 heteroatoms. The number of nitro benzene ring substituents is 6. The molecule has 0 atom stereocenters. The van der Waals surface area contributed by atoms with Crippen LogP contribution in [0.15, 0.2) is 25.3 Å². The van der Waals surface area contributed by atoms with E-state index in [1.165, 1.54) is 25.3 Å². The molecule has 0 aliphatic rings. The summed E-state index contributed by atoms with van der Waals surface area (Å²) in [6, 6.07) is 0. The summed E-state index contributed by atoms with van der Waals surface area (Å²) in [5, 5.41) is 161. The quantitative estimate of drug-likeness (QED) is 0.0333. The van der Waals surface area contributed by atoms with Crippen molar-refractivity contribution in [1.29, 1.82) is 0 Å². The zero-order valence-electron chi connectivity index (χ0n) is 28.3. The van der Waals surface area contributed by atoms with Gasteiger partial charge in [-0.05, 0) is 20.9 Å². The van der Waals surface area contributed by atoms with Crippen molar-refractivity contribution in [3.8, 4) is 34.5 Å². The molecule has 0 fully saturated rings. The fraction of sp³-hybridized carbons (Fsp3) is 0. The molecule has 0 amide bonds. The SMILES string of the molecule is Nn1ncnn1.Nn1ncnn1.Nn1ncnn1.Nn1ncnn1.O=[N+]([O-])c1c([O-])c([N+](=O)[O-])c(O)c([N+](=O)[O-])c1O.O=[N+]([O-])c1c([O-])c([N+](=O)[O-])c(O)c([N+](=O)[O-])c1O.[Cu+2]. The van der Waals surface area contributed by atoms with Crippen LogP contribution in [0.3, 0.4) is 0 Å². The third-order valence-electron chi connectivity index (χ3n) is 5.21. The Balaban J connectivity index is 0.000000764. The van der Waals surface area contributed by atoms with E-state index in [0.29, 0.717) is 0 Å². The molecule has 4 aromatic heterocycles. The van der Waals surface area contributed by atoms with Gasteiger partial charge in [-0.1, -0.05) is 19.6 Å². The van der Waals surface area contributed by atoms with E-state index in [2.05, 4.69) is 61.6 Å². The Morgan fingerprint density at radius 2 is 0.557 bits per heavy atom. The van der Waals surface area contributed by atoms with Crippen LogP contribution < -0.4 is 33.6 Å². The molecule has 0 saturated carbocycles. The van der Waals surface area contributed by atoms with E-state index >= 15 is 0 Å². The number of nitrogens with two attached hydrogens (primary N) is 4. The number of nitrogens with zero attached hydrogens (tertiary/aromatic N) is 22. The molecule has 0 saturated heterocycles. The topological polar surface area (TPSA) is 664 Å². The van der Waals surface area contributed by atoms with Gasteiger partial charge in [-0.25, -0.2) is 0 Å². The molecule has 0 unspecified atom stereocenters. The predicted molar refractivity (Wildman–Crippen MR) is 170 cm³/mol. The van der Waals surface area contributed by atoms with Crippen LogP contribution >= 0.6 is 0 Å². The number of nitro groups is 6. The van der Waals surface area contributed by atoms with Crippen LogP contribution in [0.1, 0.15) is 0 Å². The van der Waals surface area contributed by atoms with Crippen molar-refractivity contribution < 1.29 is 77.2 Å². The maximum Gasteiger partial charge on any atom is 2.00 e. The van der Waals surface area contributed by atoms with Gasteiger partial charge in [0, 0.05) is 0 Å². The minimum absolute atomic E-state index is 0. The summed E-state index contributed by atoms with van der Waals surface area (Å²) in [6.45, 7) is 0. The summed E-state index contributed by atoms with van der Waals surface area (Å²) in [5.74, 6) is 8.84. The van der Waals surface area contributed by atoms with Crippen molar-refractivity contribution in [2.75, 3.05) is 23.4 Å². The molecule has 6 rings (SSSR count). The molecule has 44 nitrogen and oxygen atoms in total. The van der Waals surface area contributed by atoms with Crippen molar-refractivity contribution >= 4 is 34.1 Å². The van der Waals surface area contributed by atoms with Gasteiger partial charge in [0.2, 0.25) is 0 Å². The van der Waals surface area contributed by atoms with Gasteiger partial charge in [0.1, 0.15) is 0 Å². The Morgan fingerprint density at radius 3 is 0.639 bits per heavy atom. The molecule has 6 aromatic rings. The smallest absolute Gasteiger partial charge is 0.863 e. The molecule has 329 valence electrons. The summed E-state index contributed by atoms with van der Waals surface area (Å²) < 4.78 is 0. The normalized spacial score (nSPS) is 9.31. The third kappa shape index (κ3) is 14.0. The van der Waals surface area contributed by atoms with Crippen LogP contribution in [0.2, 0.25) is 0 Å². The van der Waals surface area contributed by atoms with Gasteiger partial charge in [0.15, 0.2) is 25.3 Å². The molecule has 1 radical (unpaired) electrons.